The van der Waals surface area contributed by atoms with E-state index in [0.29, 0.717) is 6.42 Å². The van der Waals surface area contributed by atoms with Crippen molar-refractivity contribution in [1.29, 1.82) is 0 Å². The summed E-state index contributed by atoms with van der Waals surface area (Å²) in [5.41, 5.74) is 1.21. The Morgan fingerprint density at radius 2 is 2.00 bits per heavy atom. The highest BCUT2D eigenvalue weighted by Crippen LogP contribution is 2.13. The summed E-state index contributed by atoms with van der Waals surface area (Å²) in [5, 5.41) is 9.62. The lowest BCUT2D eigenvalue weighted by Gasteiger charge is -2.07. The van der Waals surface area contributed by atoms with Gasteiger partial charge in [-0.25, -0.2) is 0 Å². The fourth-order valence-electron chi connectivity index (χ4n) is 1.45. The third kappa shape index (κ3) is 4.37. The van der Waals surface area contributed by atoms with Gasteiger partial charge in [0.2, 0.25) is 0 Å². The van der Waals surface area contributed by atoms with Crippen LogP contribution in [-0.4, -0.2) is 18.3 Å². The van der Waals surface area contributed by atoms with Gasteiger partial charge >= 0.3 is 0 Å². The lowest BCUT2D eigenvalue weighted by molar-refractivity contribution is 0.170. The Kier molecular flexibility index (Phi) is 5.45. The summed E-state index contributed by atoms with van der Waals surface area (Å²) in [6.45, 7) is 1.79. The Balaban J connectivity index is 2.38. The normalized spacial score (nSPS) is 11.4. The van der Waals surface area contributed by atoms with Crippen LogP contribution in [0.25, 0.3) is 0 Å². The average Bonchev–Trinajstić information content (AvgIpc) is 2.34. The zero-order valence-corrected chi connectivity index (χ0v) is 9.86. The van der Waals surface area contributed by atoms with E-state index in [0.717, 1.165) is 18.6 Å². The van der Waals surface area contributed by atoms with Crippen molar-refractivity contribution in [2.45, 2.75) is 32.3 Å². The van der Waals surface area contributed by atoms with Crippen LogP contribution in [0.15, 0.2) is 24.3 Å². The van der Waals surface area contributed by atoms with Gasteiger partial charge in [-0.15, -0.1) is 11.8 Å². The lowest BCUT2D eigenvalue weighted by atomic mass is 10.1. The summed E-state index contributed by atoms with van der Waals surface area (Å²) in [6.07, 6.45) is 1.86. The summed E-state index contributed by atoms with van der Waals surface area (Å²) in [7, 11) is 1.65. The second-order valence-corrected chi connectivity index (χ2v) is 3.67. The molecule has 1 unspecified atom stereocenters. The summed E-state index contributed by atoms with van der Waals surface area (Å²) in [5.74, 6) is 6.53. The molecular weight excluding hydrogens is 200 g/mol. The van der Waals surface area contributed by atoms with Crippen LogP contribution < -0.4 is 4.74 Å². The van der Waals surface area contributed by atoms with Crippen LogP contribution in [-0.2, 0) is 6.42 Å². The van der Waals surface area contributed by atoms with Gasteiger partial charge < -0.3 is 9.84 Å². The van der Waals surface area contributed by atoms with E-state index in [-0.39, 0.29) is 6.10 Å². The molecule has 1 atom stereocenters. The molecule has 0 radical (unpaired) electrons. The van der Waals surface area contributed by atoms with Gasteiger partial charge in [-0.2, -0.15) is 0 Å². The maximum Gasteiger partial charge on any atom is 0.118 e. The highest BCUT2D eigenvalue weighted by atomic mass is 16.5. The topological polar surface area (TPSA) is 29.5 Å². The number of aliphatic hydroxyl groups is 1. The van der Waals surface area contributed by atoms with E-state index in [1.807, 2.05) is 24.3 Å². The molecule has 0 aromatic heterocycles. The predicted octanol–water partition coefficient (Wildman–Crippen LogP) is 2.40. The Hall–Kier alpha value is -1.46. The van der Waals surface area contributed by atoms with Crippen LogP contribution in [0, 0.1) is 11.8 Å². The van der Waals surface area contributed by atoms with Crippen molar-refractivity contribution < 1.29 is 9.84 Å². The first-order valence-electron chi connectivity index (χ1n) is 5.47. The molecule has 16 heavy (non-hydrogen) atoms. The minimum Gasteiger partial charge on any atom is -0.497 e. The van der Waals surface area contributed by atoms with E-state index in [1.165, 1.54) is 5.56 Å². The molecule has 0 aliphatic heterocycles. The lowest BCUT2D eigenvalue weighted by Crippen LogP contribution is -2.06. The third-order valence-corrected chi connectivity index (χ3v) is 2.44. The second kappa shape index (κ2) is 6.92. The third-order valence-electron chi connectivity index (χ3n) is 2.44. The van der Waals surface area contributed by atoms with Gasteiger partial charge in [0.25, 0.3) is 0 Å². The van der Waals surface area contributed by atoms with E-state index in [9.17, 15) is 5.11 Å². The van der Waals surface area contributed by atoms with Gasteiger partial charge in [0, 0.05) is 6.42 Å². The smallest absolute Gasteiger partial charge is 0.118 e. The zero-order valence-electron chi connectivity index (χ0n) is 9.86. The second-order valence-electron chi connectivity index (χ2n) is 3.67. The molecular formula is C14H18O2. The van der Waals surface area contributed by atoms with Crippen LogP contribution in [0.2, 0.25) is 0 Å². The predicted molar refractivity (Wildman–Crippen MR) is 65.4 cm³/mol. The molecule has 0 spiro atoms. The first-order valence-corrected chi connectivity index (χ1v) is 5.47. The number of hydrogen-bond donors (Lipinski definition) is 1. The van der Waals surface area contributed by atoms with Gasteiger partial charge in [-0.3, -0.25) is 0 Å². The van der Waals surface area contributed by atoms with Crippen molar-refractivity contribution in [1.82, 2.24) is 0 Å². The highest BCUT2D eigenvalue weighted by molar-refractivity contribution is 5.27. The van der Waals surface area contributed by atoms with Crippen LogP contribution in [0.5, 0.6) is 5.75 Å². The molecule has 0 bridgehead atoms. The number of aliphatic hydroxyl groups excluding tert-OH is 1. The summed E-state index contributed by atoms with van der Waals surface area (Å²) < 4.78 is 5.08. The van der Waals surface area contributed by atoms with Gasteiger partial charge in [0.15, 0.2) is 0 Å². The standard InChI is InChI=1S/C14H18O2/c1-3-4-5-13(15)9-6-12-7-10-14(16-2)11-8-12/h7-8,10-11,13,15H,5-6,9H2,1-2H3. The van der Waals surface area contributed by atoms with E-state index in [1.54, 1.807) is 14.0 Å². The quantitative estimate of drug-likeness (QED) is 0.769. The monoisotopic (exact) mass is 218 g/mol. The number of rotatable bonds is 5. The number of hydrogen-bond acceptors (Lipinski definition) is 2. The Labute approximate surface area is 97.3 Å². The van der Waals surface area contributed by atoms with Crippen molar-refractivity contribution in [3.05, 3.63) is 29.8 Å². The van der Waals surface area contributed by atoms with Crippen molar-refractivity contribution in [2.24, 2.45) is 0 Å². The summed E-state index contributed by atoms with van der Waals surface area (Å²) >= 11 is 0. The number of ether oxygens (including phenoxy) is 1. The summed E-state index contributed by atoms with van der Waals surface area (Å²) in [4.78, 5) is 0. The van der Waals surface area contributed by atoms with E-state index < -0.39 is 0 Å². The van der Waals surface area contributed by atoms with Crippen molar-refractivity contribution in [3.8, 4) is 17.6 Å². The van der Waals surface area contributed by atoms with Crippen LogP contribution >= 0.6 is 0 Å². The molecule has 0 saturated heterocycles. The fourth-order valence-corrected chi connectivity index (χ4v) is 1.45. The molecule has 2 nitrogen and oxygen atoms in total. The maximum atomic E-state index is 9.62. The van der Waals surface area contributed by atoms with Gasteiger partial charge in [-0.05, 0) is 37.5 Å². The van der Waals surface area contributed by atoms with Gasteiger partial charge in [0.1, 0.15) is 5.75 Å². The molecule has 1 aromatic carbocycles. The molecule has 0 saturated carbocycles. The zero-order chi connectivity index (χ0) is 11.8. The molecule has 0 aliphatic carbocycles. The number of methoxy groups -OCH3 is 1. The van der Waals surface area contributed by atoms with Crippen molar-refractivity contribution >= 4 is 0 Å². The average molecular weight is 218 g/mol. The molecule has 1 rings (SSSR count). The molecule has 2 heteroatoms. The Morgan fingerprint density at radius 1 is 1.31 bits per heavy atom. The number of benzene rings is 1. The van der Waals surface area contributed by atoms with Crippen LogP contribution in [0.4, 0.5) is 0 Å². The molecule has 0 fully saturated rings. The van der Waals surface area contributed by atoms with E-state index in [2.05, 4.69) is 11.8 Å². The molecule has 0 aliphatic rings. The van der Waals surface area contributed by atoms with Gasteiger partial charge in [0.05, 0.1) is 13.2 Å². The van der Waals surface area contributed by atoms with Gasteiger partial charge in [-0.1, -0.05) is 12.1 Å². The maximum absolute atomic E-state index is 9.62. The van der Waals surface area contributed by atoms with Crippen LogP contribution in [0.1, 0.15) is 25.3 Å². The molecule has 86 valence electrons. The number of aryl methyl sites for hydroxylation is 1. The first kappa shape index (κ1) is 12.6. The Bertz CT molecular complexity index is 357. The molecule has 1 aromatic rings. The Morgan fingerprint density at radius 3 is 2.56 bits per heavy atom. The molecule has 0 amide bonds. The highest BCUT2D eigenvalue weighted by Gasteiger charge is 2.02. The van der Waals surface area contributed by atoms with Crippen molar-refractivity contribution in [3.63, 3.8) is 0 Å². The SMILES string of the molecule is CC#CCC(O)CCc1ccc(OC)cc1. The van der Waals surface area contributed by atoms with E-state index >= 15 is 0 Å². The largest absolute Gasteiger partial charge is 0.497 e. The summed E-state index contributed by atoms with van der Waals surface area (Å²) in [6, 6.07) is 7.93. The molecule has 1 N–H and O–H groups in total. The molecule has 0 heterocycles. The van der Waals surface area contributed by atoms with Crippen molar-refractivity contribution in [2.75, 3.05) is 7.11 Å². The van der Waals surface area contributed by atoms with E-state index in [4.69, 9.17) is 4.74 Å². The minimum absolute atomic E-state index is 0.324. The minimum atomic E-state index is -0.324. The first-order chi connectivity index (χ1) is 7.76. The fraction of sp³-hybridized carbons (Fsp3) is 0.429. The van der Waals surface area contributed by atoms with Crippen LogP contribution in [0.3, 0.4) is 0 Å².